The fraction of sp³-hybridized carbons (Fsp3) is 0.312. The summed E-state index contributed by atoms with van der Waals surface area (Å²) < 4.78 is 4.31. The fourth-order valence-corrected chi connectivity index (χ4v) is 5.78. The van der Waals surface area contributed by atoms with E-state index in [1.807, 2.05) is 31.2 Å². The van der Waals surface area contributed by atoms with E-state index in [0.29, 0.717) is 23.1 Å². The van der Waals surface area contributed by atoms with Crippen LogP contribution in [0.2, 0.25) is 0 Å². The molecule has 0 bridgehead atoms. The minimum absolute atomic E-state index is 0.0173. The van der Waals surface area contributed by atoms with Crippen molar-refractivity contribution < 1.29 is 14.1 Å². The maximum absolute atomic E-state index is 12.6. The SMILES string of the molecule is Cc1ccc(N2C(=O)CSC23SCC(=O)N3c2cc(C)on2)cc1. The number of aryl methyl sites for hydroxylation is 2. The Hall–Kier alpha value is -1.93. The minimum atomic E-state index is -0.841. The zero-order chi connectivity index (χ0) is 16.9. The van der Waals surface area contributed by atoms with Crippen molar-refractivity contribution >= 4 is 46.8 Å². The number of hydrogen-bond donors (Lipinski definition) is 0. The first-order valence-corrected chi connectivity index (χ1v) is 9.42. The number of rotatable bonds is 2. The highest BCUT2D eigenvalue weighted by atomic mass is 32.2. The number of hydrogen-bond acceptors (Lipinski definition) is 6. The van der Waals surface area contributed by atoms with Gasteiger partial charge in [0.25, 0.3) is 0 Å². The molecule has 8 heteroatoms. The van der Waals surface area contributed by atoms with Crippen LogP contribution in [0.25, 0.3) is 0 Å². The Bertz CT molecular complexity index is 816. The van der Waals surface area contributed by atoms with Gasteiger partial charge >= 0.3 is 0 Å². The summed E-state index contributed by atoms with van der Waals surface area (Å²) in [5, 5.41) is 4.00. The largest absolute Gasteiger partial charge is 0.360 e. The Morgan fingerprint density at radius 2 is 1.67 bits per heavy atom. The molecule has 124 valence electrons. The van der Waals surface area contributed by atoms with Gasteiger partial charge in [-0.25, -0.2) is 4.90 Å². The molecular weight excluding hydrogens is 346 g/mol. The van der Waals surface area contributed by atoms with E-state index in [2.05, 4.69) is 5.16 Å². The number of amides is 2. The number of benzene rings is 1. The van der Waals surface area contributed by atoms with E-state index >= 15 is 0 Å². The average molecular weight is 361 g/mol. The van der Waals surface area contributed by atoms with Crippen LogP contribution in [-0.2, 0) is 9.59 Å². The van der Waals surface area contributed by atoms with Crippen LogP contribution >= 0.6 is 23.5 Å². The standard InChI is InChI=1S/C16H15N3O3S2/c1-10-3-5-12(6-4-10)18-14(20)8-23-16(18)19(15(21)9-24-16)13-7-11(2)22-17-13/h3-7H,8-9H2,1-2H3. The highest BCUT2D eigenvalue weighted by molar-refractivity contribution is 8.20. The van der Waals surface area contributed by atoms with E-state index in [1.165, 1.54) is 23.5 Å². The fourth-order valence-electron chi connectivity index (χ4n) is 2.89. The van der Waals surface area contributed by atoms with E-state index in [4.69, 9.17) is 4.52 Å². The Kier molecular flexibility index (Phi) is 3.61. The normalized spacial score (nSPS) is 23.8. The summed E-state index contributed by atoms with van der Waals surface area (Å²) >= 11 is 2.89. The van der Waals surface area contributed by atoms with Gasteiger partial charge in [0.1, 0.15) is 5.76 Å². The lowest BCUT2D eigenvalue weighted by Crippen LogP contribution is -2.53. The molecular formula is C16H15N3O3S2. The van der Waals surface area contributed by atoms with Crippen LogP contribution in [0.4, 0.5) is 11.5 Å². The van der Waals surface area contributed by atoms with Crippen molar-refractivity contribution in [3.63, 3.8) is 0 Å². The molecule has 0 radical (unpaired) electrons. The summed E-state index contributed by atoms with van der Waals surface area (Å²) in [6.45, 7) is 3.78. The second-order valence-corrected chi connectivity index (χ2v) is 8.27. The van der Waals surface area contributed by atoms with Crippen LogP contribution in [0, 0.1) is 13.8 Å². The van der Waals surface area contributed by atoms with Gasteiger partial charge in [0, 0.05) is 11.8 Å². The minimum Gasteiger partial charge on any atom is -0.360 e. The average Bonchev–Trinajstić information content (AvgIpc) is 3.21. The van der Waals surface area contributed by atoms with Crippen LogP contribution in [0.1, 0.15) is 11.3 Å². The first kappa shape index (κ1) is 15.6. The zero-order valence-electron chi connectivity index (χ0n) is 13.2. The smallest absolute Gasteiger partial charge is 0.241 e. The first-order valence-electron chi connectivity index (χ1n) is 7.45. The molecule has 1 spiro atoms. The molecule has 1 aromatic heterocycles. The Morgan fingerprint density at radius 3 is 2.25 bits per heavy atom. The first-order chi connectivity index (χ1) is 11.5. The third-order valence-electron chi connectivity index (χ3n) is 3.97. The van der Waals surface area contributed by atoms with Crippen molar-refractivity contribution in [2.75, 3.05) is 21.3 Å². The second kappa shape index (κ2) is 5.56. The third-order valence-corrected chi connectivity index (χ3v) is 6.94. The number of thioether (sulfide) groups is 2. The zero-order valence-corrected chi connectivity index (χ0v) is 14.8. The third kappa shape index (κ3) is 2.24. The summed E-state index contributed by atoms with van der Waals surface area (Å²) in [7, 11) is 0. The summed E-state index contributed by atoms with van der Waals surface area (Å²) in [5.41, 5.74) is 1.90. The van der Waals surface area contributed by atoms with Gasteiger partial charge in [0.2, 0.25) is 16.1 Å². The van der Waals surface area contributed by atoms with Gasteiger partial charge in [0.05, 0.1) is 11.5 Å². The van der Waals surface area contributed by atoms with E-state index in [0.717, 1.165) is 11.3 Å². The molecule has 2 aliphatic heterocycles. The number of carbonyl (C=O) groups excluding carboxylic acids is 2. The molecule has 2 fully saturated rings. The van der Waals surface area contributed by atoms with Gasteiger partial charge in [-0.3, -0.25) is 14.5 Å². The number of aromatic nitrogens is 1. The van der Waals surface area contributed by atoms with Crippen molar-refractivity contribution in [1.82, 2.24) is 5.16 Å². The predicted molar refractivity (Wildman–Crippen MR) is 95.0 cm³/mol. The van der Waals surface area contributed by atoms with Crippen molar-refractivity contribution in [2.45, 2.75) is 18.2 Å². The quantitative estimate of drug-likeness (QED) is 0.819. The van der Waals surface area contributed by atoms with E-state index in [9.17, 15) is 9.59 Å². The molecule has 1 unspecified atom stereocenters. The Labute approximate surface area is 147 Å². The van der Waals surface area contributed by atoms with Crippen molar-refractivity contribution in [2.24, 2.45) is 0 Å². The number of nitrogens with zero attached hydrogens (tertiary/aromatic N) is 3. The van der Waals surface area contributed by atoms with Gasteiger partial charge < -0.3 is 4.52 Å². The second-order valence-electron chi connectivity index (χ2n) is 5.72. The van der Waals surface area contributed by atoms with E-state index in [-0.39, 0.29) is 11.8 Å². The molecule has 2 amide bonds. The molecule has 4 rings (SSSR count). The number of anilines is 2. The van der Waals surface area contributed by atoms with Gasteiger partial charge in [0.15, 0.2) is 5.82 Å². The molecule has 2 saturated heterocycles. The lowest BCUT2D eigenvalue weighted by Gasteiger charge is -2.38. The topological polar surface area (TPSA) is 66.7 Å². The van der Waals surface area contributed by atoms with Gasteiger partial charge in [-0.15, -0.1) is 0 Å². The highest BCUT2D eigenvalue weighted by Crippen LogP contribution is 2.54. The Balaban J connectivity index is 1.82. The summed E-state index contributed by atoms with van der Waals surface area (Å²) in [6, 6.07) is 9.48. The van der Waals surface area contributed by atoms with Crippen LogP contribution in [0.5, 0.6) is 0 Å². The summed E-state index contributed by atoms with van der Waals surface area (Å²) in [6.07, 6.45) is 0. The lowest BCUT2D eigenvalue weighted by molar-refractivity contribution is -0.116. The molecule has 2 aromatic rings. The van der Waals surface area contributed by atoms with Gasteiger partial charge in [-0.2, -0.15) is 0 Å². The maximum atomic E-state index is 12.6. The molecule has 0 N–H and O–H groups in total. The van der Waals surface area contributed by atoms with Crippen LogP contribution in [0.15, 0.2) is 34.9 Å². The molecule has 3 heterocycles. The maximum Gasteiger partial charge on any atom is 0.241 e. The number of carbonyl (C=O) groups is 2. The molecule has 24 heavy (non-hydrogen) atoms. The van der Waals surface area contributed by atoms with Crippen LogP contribution in [0.3, 0.4) is 0 Å². The van der Waals surface area contributed by atoms with Crippen LogP contribution < -0.4 is 9.80 Å². The monoisotopic (exact) mass is 361 g/mol. The molecule has 1 aromatic carbocycles. The molecule has 0 saturated carbocycles. The molecule has 0 aliphatic carbocycles. The molecule has 2 aliphatic rings. The molecule has 6 nitrogen and oxygen atoms in total. The van der Waals surface area contributed by atoms with E-state index < -0.39 is 4.33 Å². The molecule has 1 atom stereocenters. The summed E-state index contributed by atoms with van der Waals surface area (Å²) in [5.74, 6) is 1.60. The Morgan fingerprint density at radius 1 is 1.04 bits per heavy atom. The highest BCUT2D eigenvalue weighted by Gasteiger charge is 2.59. The van der Waals surface area contributed by atoms with Crippen LogP contribution in [-0.4, -0.2) is 32.8 Å². The van der Waals surface area contributed by atoms with Crippen molar-refractivity contribution in [3.8, 4) is 0 Å². The van der Waals surface area contributed by atoms with E-state index in [1.54, 1.807) is 22.8 Å². The summed E-state index contributed by atoms with van der Waals surface area (Å²) in [4.78, 5) is 28.5. The van der Waals surface area contributed by atoms with Crippen molar-refractivity contribution in [1.29, 1.82) is 0 Å². The van der Waals surface area contributed by atoms with Gasteiger partial charge in [-0.1, -0.05) is 46.4 Å². The van der Waals surface area contributed by atoms with Crippen molar-refractivity contribution in [3.05, 3.63) is 41.7 Å². The predicted octanol–water partition coefficient (Wildman–Crippen LogP) is 2.76. The van der Waals surface area contributed by atoms with Gasteiger partial charge in [-0.05, 0) is 26.0 Å². The lowest BCUT2D eigenvalue weighted by atomic mass is 10.2.